The van der Waals surface area contributed by atoms with Crippen LogP contribution < -0.4 is 9.47 Å². The largest absolute Gasteiger partial charge is 0.493 e. The lowest BCUT2D eigenvalue weighted by Crippen LogP contribution is -2.06. The van der Waals surface area contributed by atoms with E-state index >= 15 is 0 Å². The zero-order chi connectivity index (χ0) is 30.4. The maximum absolute atomic E-state index is 14.4. The Morgan fingerprint density at radius 3 is 1.19 bits per heavy atom. The Kier molecular flexibility index (Phi) is 9.82. The van der Waals surface area contributed by atoms with Gasteiger partial charge < -0.3 is 9.47 Å². The highest BCUT2D eigenvalue weighted by Crippen LogP contribution is 2.30. The fourth-order valence-electron chi connectivity index (χ4n) is 4.11. The average Bonchev–Trinajstić information content (AvgIpc) is 2.94. The highest BCUT2D eigenvalue weighted by atomic mass is 19.2. The molecule has 0 saturated heterocycles. The van der Waals surface area contributed by atoms with Crippen molar-refractivity contribution in [1.29, 1.82) is 0 Å². The van der Waals surface area contributed by atoms with Crippen LogP contribution in [0.4, 0.5) is 35.1 Å². The number of ether oxygens (including phenoxy) is 2. The zero-order valence-corrected chi connectivity index (χ0v) is 21.8. The van der Waals surface area contributed by atoms with Gasteiger partial charge in [-0.05, 0) is 72.5 Å². The van der Waals surface area contributed by atoms with Crippen molar-refractivity contribution in [3.63, 3.8) is 0 Å². The molecule has 4 aromatic rings. The molecule has 42 heavy (non-hydrogen) atoms. The molecule has 4 rings (SSSR count). The average molecular weight is 594 g/mol. The molecule has 0 aliphatic carbocycles. The minimum absolute atomic E-state index is 0.0916. The molecule has 0 atom stereocenters. The Labute approximate surface area is 235 Å². The molecule has 0 amide bonds. The molecule has 0 spiro atoms. The third-order valence-corrected chi connectivity index (χ3v) is 6.21. The first kappa shape index (κ1) is 30.5. The number of ketones is 1. The van der Waals surface area contributed by atoms with E-state index in [1.807, 2.05) is 0 Å². The van der Waals surface area contributed by atoms with Crippen LogP contribution in [0.3, 0.4) is 0 Å². The highest BCUT2D eigenvalue weighted by Gasteiger charge is 2.16. The van der Waals surface area contributed by atoms with Crippen LogP contribution >= 0.6 is 0 Å². The summed E-state index contributed by atoms with van der Waals surface area (Å²) in [6.45, 7) is 0.183. The summed E-state index contributed by atoms with van der Waals surface area (Å²) in [6, 6.07) is 10.0. The van der Waals surface area contributed by atoms with Crippen LogP contribution in [0.2, 0.25) is 0 Å². The van der Waals surface area contributed by atoms with Gasteiger partial charge in [0, 0.05) is 36.1 Å². The number of halogens is 8. The second-order valence-corrected chi connectivity index (χ2v) is 9.23. The van der Waals surface area contributed by atoms with Crippen molar-refractivity contribution < 1.29 is 49.4 Å². The molecule has 0 heterocycles. The molecule has 0 aliphatic rings. The van der Waals surface area contributed by atoms with Gasteiger partial charge in [0.1, 0.15) is 28.9 Å². The van der Waals surface area contributed by atoms with Crippen molar-refractivity contribution in [3.05, 3.63) is 107 Å². The fourth-order valence-corrected chi connectivity index (χ4v) is 4.11. The van der Waals surface area contributed by atoms with Crippen LogP contribution in [-0.4, -0.2) is 19.0 Å². The number of hydrogen-bond donors (Lipinski definition) is 0. The van der Waals surface area contributed by atoms with E-state index in [1.165, 1.54) is 24.3 Å². The lowest BCUT2D eigenvalue weighted by atomic mass is 10.0. The first-order chi connectivity index (χ1) is 20.0. The Hall–Kier alpha value is -4.41. The first-order valence-electron chi connectivity index (χ1n) is 12.7. The van der Waals surface area contributed by atoms with Gasteiger partial charge in [0.15, 0.2) is 34.9 Å². The number of carbonyl (C=O) groups is 1. The minimum atomic E-state index is -1.65. The van der Waals surface area contributed by atoms with Gasteiger partial charge in [0.2, 0.25) is 0 Å². The fraction of sp³-hybridized carbons (Fsp3) is 0.194. The van der Waals surface area contributed by atoms with E-state index in [-0.39, 0.29) is 65.6 Å². The molecule has 0 saturated carbocycles. The molecule has 0 radical (unpaired) electrons. The van der Waals surface area contributed by atoms with Crippen LogP contribution in [0.5, 0.6) is 11.5 Å². The maximum atomic E-state index is 14.4. The maximum Gasteiger partial charge on any atom is 0.194 e. The van der Waals surface area contributed by atoms with E-state index in [1.54, 1.807) is 0 Å². The van der Waals surface area contributed by atoms with E-state index < -0.39 is 46.5 Å². The van der Waals surface area contributed by atoms with Gasteiger partial charge in [-0.1, -0.05) is 0 Å². The van der Waals surface area contributed by atoms with E-state index in [0.717, 1.165) is 12.1 Å². The van der Waals surface area contributed by atoms with E-state index in [0.29, 0.717) is 37.1 Å². The van der Waals surface area contributed by atoms with E-state index in [4.69, 9.17) is 9.47 Å². The Balaban J connectivity index is 1.17. The molecule has 0 unspecified atom stereocenters. The smallest absolute Gasteiger partial charge is 0.194 e. The second kappa shape index (κ2) is 13.5. The number of carbonyl (C=O) groups excluding carboxylic acids is 1. The Morgan fingerprint density at radius 2 is 0.857 bits per heavy atom. The summed E-state index contributed by atoms with van der Waals surface area (Å²) in [6.07, 6.45) is 0.995. The quantitative estimate of drug-likeness (QED) is 0.0935. The Bertz CT molecular complexity index is 1440. The molecule has 3 nitrogen and oxygen atoms in total. The van der Waals surface area contributed by atoms with E-state index in [2.05, 4.69) is 0 Å². The van der Waals surface area contributed by atoms with Crippen LogP contribution in [0.25, 0.3) is 22.3 Å². The van der Waals surface area contributed by atoms with Gasteiger partial charge in [-0.2, -0.15) is 0 Å². The second-order valence-electron chi connectivity index (χ2n) is 9.23. The SMILES string of the molecule is O=C(CCCOc1ccc(-c2cc(F)c(F)c(F)c2)c(F)c1)CCCOc1ccc(-c2cc(F)c(F)c(F)c2)c(F)c1. The third kappa shape index (κ3) is 7.45. The van der Waals surface area contributed by atoms with Crippen molar-refractivity contribution in [1.82, 2.24) is 0 Å². The van der Waals surface area contributed by atoms with Crippen LogP contribution in [0, 0.1) is 46.5 Å². The monoisotopic (exact) mass is 594 g/mol. The molecule has 220 valence electrons. The van der Waals surface area contributed by atoms with E-state index in [9.17, 15) is 39.9 Å². The molecular weight excluding hydrogens is 572 g/mol. The van der Waals surface area contributed by atoms with Crippen molar-refractivity contribution >= 4 is 5.78 Å². The highest BCUT2D eigenvalue weighted by molar-refractivity contribution is 5.78. The first-order valence-corrected chi connectivity index (χ1v) is 12.7. The van der Waals surface area contributed by atoms with Gasteiger partial charge in [-0.15, -0.1) is 0 Å². The normalized spacial score (nSPS) is 11.0. The lowest BCUT2D eigenvalue weighted by Gasteiger charge is -2.10. The van der Waals surface area contributed by atoms with Crippen molar-refractivity contribution in [2.75, 3.05) is 13.2 Å². The molecular formula is C31H22F8O3. The number of rotatable bonds is 12. The summed E-state index contributed by atoms with van der Waals surface area (Å²) in [5.41, 5.74) is -0.638. The van der Waals surface area contributed by atoms with Crippen molar-refractivity contribution in [3.8, 4) is 33.8 Å². The summed E-state index contributed by atoms with van der Waals surface area (Å²) in [4.78, 5) is 12.1. The summed E-state index contributed by atoms with van der Waals surface area (Å²) >= 11 is 0. The van der Waals surface area contributed by atoms with Crippen molar-refractivity contribution in [2.45, 2.75) is 25.7 Å². The molecule has 4 aromatic carbocycles. The summed E-state index contributed by atoms with van der Waals surface area (Å²) in [5, 5.41) is 0. The topological polar surface area (TPSA) is 35.5 Å². The third-order valence-electron chi connectivity index (χ3n) is 6.21. The van der Waals surface area contributed by atoms with Gasteiger partial charge in [0.25, 0.3) is 0 Å². The van der Waals surface area contributed by atoms with Gasteiger partial charge >= 0.3 is 0 Å². The van der Waals surface area contributed by atoms with Crippen LogP contribution in [0.1, 0.15) is 25.7 Å². The number of hydrogen-bond acceptors (Lipinski definition) is 3. The van der Waals surface area contributed by atoms with Gasteiger partial charge in [-0.25, -0.2) is 35.1 Å². The van der Waals surface area contributed by atoms with Crippen LogP contribution in [-0.2, 0) is 4.79 Å². The minimum Gasteiger partial charge on any atom is -0.493 e. The lowest BCUT2D eigenvalue weighted by molar-refractivity contribution is -0.119. The van der Waals surface area contributed by atoms with Gasteiger partial charge in [0.05, 0.1) is 13.2 Å². The van der Waals surface area contributed by atoms with Gasteiger partial charge in [-0.3, -0.25) is 4.79 Å². The zero-order valence-electron chi connectivity index (χ0n) is 21.8. The summed E-state index contributed by atoms with van der Waals surface area (Å²) < 4.78 is 120. The predicted molar refractivity (Wildman–Crippen MR) is 138 cm³/mol. The molecule has 11 heteroatoms. The number of Topliss-reactive ketones (excluding diaryl/α,β-unsaturated/α-hetero) is 1. The molecule has 0 N–H and O–H groups in total. The summed E-state index contributed by atoms with van der Waals surface area (Å²) in [7, 11) is 0. The standard InChI is InChI=1S/C31H22F8O3/c32-24-15-20(5-7-22(24)17-11-26(34)30(38)27(35)12-17)41-9-1-3-19(40)4-2-10-42-21-6-8-23(25(33)16-21)18-13-28(36)31(39)29(37)14-18/h5-8,11-16H,1-4,9-10H2. The Morgan fingerprint density at radius 1 is 0.500 bits per heavy atom. The molecule has 0 aromatic heterocycles. The van der Waals surface area contributed by atoms with Crippen molar-refractivity contribution in [2.24, 2.45) is 0 Å². The molecule has 0 aliphatic heterocycles. The predicted octanol–water partition coefficient (Wildman–Crippen LogP) is 8.72. The summed E-state index contributed by atoms with van der Waals surface area (Å²) in [5.74, 6) is -10.5. The number of benzene rings is 4. The van der Waals surface area contributed by atoms with Crippen LogP contribution in [0.15, 0.2) is 60.7 Å². The molecule has 0 bridgehead atoms. The molecule has 0 fully saturated rings.